The summed E-state index contributed by atoms with van der Waals surface area (Å²) in [5.74, 6) is 0. The van der Waals surface area contributed by atoms with E-state index in [9.17, 15) is 0 Å². The van der Waals surface area contributed by atoms with Crippen LogP contribution in [0.15, 0.2) is 0 Å². The molecule has 84 valence electrons. The van der Waals surface area contributed by atoms with Gasteiger partial charge in [0.1, 0.15) is 0 Å². The van der Waals surface area contributed by atoms with Crippen molar-refractivity contribution in [1.82, 2.24) is 4.90 Å². The van der Waals surface area contributed by atoms with Crippen LogP contribution < -0.4 is 0 Å². The minimum atomic E-state index is 0.308. The molecule has 0 unspecified atom stereocenters. The van der Waals surface area contributed by atoms with Gasteiger partial charge in [-0.3, -0.25) is 4.90 Å². The molecule has 1 aliphatic heterocycles. The lowest BCUT2D eigenvalue weighted by Crippen LogP contribution is -2.51. The monoisotopic (exact) mass is 199 g/mol. The Bertz CT molecular complexity index is 175. The smallest absolute Gasteiger partial charge is 0.0594 e. The van der Waals surface area contributed by atoms with E-state index in [2.05, 4.69) is 39.5 Å². The fourth-order valence-corrected chi connectivity index (χ4v) is 2.58. The molecule has 2 nitrogen and oxygen atoms in total. The second-order valence-electron chi connectivity index (χ2n) is 6.15. The largest absolute Gasteiger partial charge is 0.379 e. The first-order valence-electron chi connectivity index (χ1n) is 5.64. The first-order chi connectivity index (χ1) is 6.31. The third-order valence-electron chi connectivity index (χ3n) is 2.83. The summed E-state index contributed by atoms with van der Waals surface area (Å²) in [6.45, 7) is 15.6. The molecular formula is C12H25NO. The number of hydrogen-bond donors (Lipinski definition) is 0. The molecule has 0 aromatic rings. The summed E-state index contributed by atoms with van der Waals surface area (Å²) in [6.07, 6.45) is 1.24. The van der Waals surface area contributed by atoms with Gasteiger partial charge in [0.15, 0.2) is 0 Å². The van der Waals surface area contributed by atoms with E-state index in [4.69, 9.17) is 4.74 Å². The Morgan fingerprint density at radius 2 is 1.50 bits per heavy atom. The van der Waals surface area contributed by atoms with Crippen LogP contribution in [0, 0.1) is 5.41 Å². The van der Waals surface area contributed by atoms with Crippen molar-refractivity contribution in [2.24, 2.45) is 5.41 Å². The van der Waals surface area contributed by atoms with Crippen LogP contribution in [0.2, 0.25) is 0 Å². The predicted molar refractivity (Wildman–Crippen MR) is 60.5 cm³/mol. The molecule has 1 rings (SSSR count). The van der Waals surface area contributed by atoms with E-state index in [0.717, 1.165) is 26.3 Å². The summed E-state index contributed by atoms with van der Waals surface area (Å²) < 4.78 is 5.38. The Morgan fingerprint density at radius 1 is 1.00 bits per heavy atom. The average Bonchev–Trinajstić information content (AvgIpc) is 2.01. The molecule has 0 saturated carbocycles. The fraction of sp³-hybridized carbons (Fsp3) is 1.00. The molecule has 1 saturated heterocycles. The van der Waals surface area contributed by atoms with E-state index in [0.29, 0.717) is 11.0 Å². The van der Waals surface area contributed by atoms with Gasteiger partial charge in [-0.05, 0) is 25.7 Å². The minimum absolute atomic E-state index is 0.308. The van der Waals surface area contributed by atoms with Crippen molar-refractivity contribution in [3.63, 3.8) is 0 Å². The van der Waals surface area contributed by atoms with Crippen molar-refractivity contribution in [3.05, 3.63) is 0 Å². The highest BCUT2D eigenvalue weighted by Gasteiger charge is 2.32. The Balaban J connectivity index is 2.54. The zero-order valence-electron chi connectivity index (χ0n) is 10.4. The summed E-state index contributed by atoms with van der Waals surface area (Å²) in [7, 11) is 0. The van der Waals surface area contributed by atoms with Crippen molar-refractivity contribution >= 4 is 0 Å². The molecule has 0 aromatic carbocycles. The zero-order chi connectivity index (χ0) is 10.8. The maximum Gasteiger partial charge on any atom is 0.0594 e. The highest BCUT2D eigenvalue weighted by molar-refractivity contribution is 4.87. The number of morpholine rings is 1. The van der Waals surface area contributed by atoms with Crippen molar-refractivity contribution in [2.45, 2.75) is 46.6 Å². The summed E-state index contributed by atoms with van der Waals surface area (Å²) in [5, 5.41) is 0. The molecule has 2 heteroatoms. The lowest BCUT2D eigenvalue weighted by atomic mass is 9.80. The van der Waals surface area contributed by atoms with Crippen LogP contribution >= 0.6 is 0 Å². The molecule has 0 radical (unpaired) electrons. The Hall–Kier alpha value is -0.0800. The van der Waals surface area contributed by atoms with E-state index in [1.807, 2.05) is 0 Å². The third kappa shape index (κ3) is 3.58. The normalized spacial score (nSPS) is 21.2. The Morgan fingerprint density at radius 3 is 1.93 bits per heavy atom. The van der Waals surface area contributed by atoms with Gasteiger partial charge in [-0.15, -0.1) is 0 Å². The SMILES string of the molecule is CC(C)(C)CC(C)(C)N1CCOCC1. The Kier molecular flexibility index (Phi) is 3.59. The molecule has 0 amide bonds. The molecule has 1 aliphatic rings. The molecule has 1 heterocycles. The fourth-order valence-electron chi connectivity index (χ4n) is 2.58. The first kappa shape index (κ1) is 12.0. The quantitative estimate of drug-likeness (QED) is 0.677. The molecule has 0 aromatic heterocycles. The lowest BCUT2D eigenvalue weighted by molar-refractivity contribution is -0.0229. The maximum atomic E-state index is 5.38. The van der Waals surface area contributed by atoms with Crippen LogP contribution in [0.4, 0.5) is 0 Å². The van der Waals surface area contributed by atoms with Gasteiger partial charge in [0.2, 0.25) is 0 Å². The highest BCUT2D eigenvalue weighted by atomic mass is 16.5. The maximum absolute atomic E-state index is 5.38. The molecule has 0 atom stereocenters. The van der Waals surface area contributed by atoms with E-state index in [1.54, 1.807) is 0 Å². The molecule has 14 heavy (non-hydrogen) atoms. The minimum Gasteiger partial charge on any atom is -0.379 e. The highest BCUT2D eigenvalue weighted by Crippen LogP contribution is 2.31. The standard InChI is InChI=1S/C12H25NO/c1-11(2,3)10-12(4,5)13-6-8-14-9-7-13/h6-10H2,1-5H3. The van der Waals surface area contributed by atoms with E-state index < -0.39 is 0 Å². The summed E-state index contributed by atoms with van der Waals surface area (Å²) >= 11 is 0. The Labute approximate surface area is 88.6 Å². The summed E-state index contributed by atoms with van der Waals surface area (Å²) in [6, 6.07) is 0. The van der Waals surface area contributed by atoms with Crippen LogP contribution in [0.5, 0.6) is 0 Å². The molecule has 0 aliphatic carbocycles. The second-order valence-corrected chi connectivity index (χ2v) is 6.15. The van der Waals surface area contributed by atoms with Gasteiger partial charge >= 0.3 is 0 Å². The van der Waals surface area contributed by atoms with Gasteiger partial charge in [0.05, 0.1) is 13.2 Å². The van der Waals surface area contributed by atoms with Crippen LogP contribution in [-0.2, 0) is 4.74 Å². The third-order valence-corrected chi connectivity index (χ3v) is 2.83. The van der Waals surface area contributed by atoms with Crippen LogP contribution in [0.1, 0.15) is 41.0 Å². The topological polar surface area (TPSA) is 12.5 Å². The summed E-state index contributed by atoms with van der Waals surface area (Å²) in [5.41, 5.74) is 0.712. The van der Waals surface area contributed by atoms with Crippen molar-refractivity contribution in [2.75, 3.05) is 26.3 Å². The van der Waals surface area contributed by atoms with Gasteiger partial charge in [-0.1, -0.05) is 20.8 Å². The van der Waals surface area contributed by atoms with Crippen molar-refractivity contribution < 1.29 is 4.74 Å². The van der Waals surface area contributed by atoms with Crippen LogP contribution in [-0.4, -0.2) is 36.7 Å². The van der Waals surface area contributed by atoms with Gasteiger partial charge in [-0.25, -0.2) is 0 Å². The van der Waals surface area contributed by atoms with Crippen LogP contribution in [0.3, 0.4) is 0 Å². The first-order valence-corrected chi connectivity index (χ1v) is 5.64. The van der Waals surface area contributed by atoms with Gasteiger partial charge in [0, 0.05) is 18.6 Å². The number of ether oxygens (including phenoxy) is 1. The van der Waals surface area contributed by atoms with Crippen LogP contribution in [0.25, 0.3) is 0 Å². The number of nitrogens with zero attached hydrogens (tertiary/aromatic N) is 1. The van der Waals surface area contributed by atoms with E-state index in [1.165, 1.54) is 6.42 Å². The van der Waals surface area contributed by atoms with Crippen molar-refractivity contribution in [1.29, 1.82) is 0 Å². The molecule has 0 spiro atoms. The van der Waals surface area contributed by atoms with Crippen molar-refractivity contribution in [3.8, 4) is 0 Å². The van der Waals surface area contributed by atoms with E-state index >= 15 is 0 Å². The lowest BCUT2D eigenvalue weighted by Gasteiger charge is -2.44. The summed E-state index contributed by atoms with van der Waals surface area (Å²) in [4.78, 5) is 2.56. The van der Waals surface area contributed by atoms with Gasteiger partial charge in [0.25, 0.3) is 0 Å². The molecular weight excluding hydrogens is 174 g/mol. The van der Waals surface area contributed by atoms with Gasteiger partial charge in [-0.2, -0.15) is 0 Å². The zero-order valence-corrected chi connectivity index (χ0v) is 10.4. The predicted octanol–water partition coefficient (Wildman–Crippen LogP) is 2.53. The van der Waals surface area contributed by atoms with E-state index in [-0.39, 0.29) is 0 Å². The number of rotatable bonds is 2. The molecule has 0 N–H and O–H groups in total. The molecule has 0 bridgehead atoms. The molecule has 1 fully saturated rings. The average molecular weight is 199 g/mol. The second kappa shape index (κ2) is 4.19. The van der Waals surface area contributed by atoms with Gasteiger partial charge < -0.3 is 4.74 Å². The number of hydrogen-bond acceptors (Lipinski definition) is 2.